The number of anilines is 1. The highest BCUT2D eigenvalue weighted by molar-refractivity contribution is 7.17. The second-order valence-electron chi connectivity index (χ2n) is 7.76. The van der Waals surface area contributed by atoms with E-state index in [0.29, 0.717) is 12.6 Å². The second kappa shape index (κ2) is 8.36. The first kappa shape index (κ1) is 18.9. The highest BCUT2D eigenvalue weighted by atomic mass is 32.1. The smallest absolute Gasteiger partial charge is 0.272 e. The van der Waals surface area contributed by atoms with Gasteiger partial charge >= 0.3 is 0 Å². The lowest BCUT2D eigenvalue weighted by molar-refractivity contribution is 0.101. The molecule has 1 N–H and O–H groups in total. The van der Waals surface area contributed by atoms with Gasteiger partial charge in [0.1, 0.15) is 18.1 Å². The molecule has 1 aliphatic rings. The zero-order valence-electron chi connectivity index (χ0n) is 16.7. The minimum Gasteiger partial charge on any atom is -0.489 e. The number of amides is 1. The van der Waals surface area contributed by atoms with Crippen molar-refractivity contribution >= 4 is 33.1 Å². The van der Waals surface area contributed by atoms with E-state index in [0.717, 1.165) is 35.5 Å². The summed E-state index contributed by atoms with van der Waals surface area (Å²) in [6.07, 6.45) is 4.76. The van der Waals surface area contributed by atoms with Crippen LogP contribution < -0.4 is 10.1 Å². The number of carbonyl (C=O) groups excluding carboxylic acids is 1. The Bertz CT molecular complexity index is 1140. The second-order valence-corrected chi connectivity index (χ2v) is 8.71. The lowest BCUT2D eigenvalue weighted by Crippen LogP contribution is -2.19. The summed E-state index contributed by atoms with van der Waals surface area (Å²) in [6, 6.07) is 22.2. The van der Waals surface area contributed by atoms with Gasteiger partial charge in [-0.2, -0.15) is 0 Å². The molecule has 5 heteroatoms. The van der Waals surface area contributed by atoms with Gasteiger partial charge in [0.2, 0.25) is 0 Å². The summed E-state index contributed by atoms with van der Waals surface area (Å²) in [7, 11) is 0. The first-order chi connectivity index (χ1) is 14.8. The Morgan fingerprint density at radius 2 is 1.80 bits per heavy atom. The molecule has 1 aliphatic carbocycles. The zero-order valence-corrected chi connectivity index (χ0v) is 17.5. The lowest BCUT2D eigenvalue weighted by atomic mass is 10.2. The van der Waals surface area contributed by atoms with E-state index in [9.17, 15) is 4.79 Å². The van der Waals surface area contributed by atoms with Crippen LogP contribution in [-0.2, 0) is 6.61 Å². The molecule has 1 fully saturated rings. The van der Waals surface area contributed by atoms with Crippen molar-refractivity contribution in [2.75, 3.05) is 5.32 Å². The van der Waals surface area contributed by atoms with Gasteiger partial charge < -0.3 is 14.6 Å². The van der Waals surface area contributed by atoms with Crippen LogP contribution in [0.5, 0.6) is 5.75 Å². The van der Waals surface area contributed by atoms with E-state index in [2.05, 4.69) is 21.3 Å². The average molecular weight is 417 g/mol. The van der Waals surface area contributed by atoms with Crippen LogP contribution in [0.1, 0.15) is 47.8 Å². The maximum absolute atomic E-state index is 13.1. The monoisotopic (exact) mass is 416 g/mol. The molecule has 0 atom stereocenters. The molecule has 5 rings (SSSR count). The third-order valence-electron chi connectivity index (χ3n) is 5.74. The molecule has 0 aliphatic heterocycles. The molecule has 0 spiro atoms. The van der Waals surface area contributed by atoms with Crippen molar-refractivity contribution in [3.63, 3.8) is 0 Å². The quantitative estimate of drug-likeness (QED) is 0.382. The summed E-state index contributed by atoms with van der Waals surface area (Å²) >= 11 is 1.69. The highest BCUT2D eigenvalue weighted by Crippen LogP contribution is 2.36. The van der Waals surface area contributed by atoms with Gasteiger partial charge in [0.05, 0.1) is 10.2 Å². The van der Waals surface area contributed by atoms with Crippen LogP contribution in [0.3, 0.4) is 0 Å². The van der Waals surface area contributed by atoms with Gasteiger partial charge in [0.25, 0.3) is 5.91 Å². The number of benzene rings is 2. The summed E-state index contributed by atoms with van der Waals surface area (Å²) in [4.78, 5) is 13.1. The summed E-state index contributed by atoms with van der Waals surface area (Å²) in [5.41, 5.74) is 3.84. The molecule has 1 amide bonds. The third kappa shape index (κ3) is 3.85. The Balaban J connectivity index is 1.30. The van der Waals surface area contributed by atoms with Crippen LogP contribution in [0.4, 0.5) is 5.69 Å². The number of nitrogens with zero attached hydrogens (tertiary/aromatic N) is 1. The fourth-order valence-corrected chi connectivity index (χ4v) is 5.06. The van der Waals surface area contributed by atoms with Crippen LogP contribution in [-0.4, -0.2) is 10.5 Å². The molecule has 152 valence electrons. The van der Waals surface area contributed by atoms with E-state index in [1.807, 2.05) is 60.7 Å². The van der Waals surface area contributed by atoms with E-state index >= 15 is 0 Å². The van der Waals surface area contributed by atoms with Crippen LogP contribution >= 0.6 is 11.3 Å². The number of aromatic nitrogens is 1. The Morgan fingerprint density at radius 3 is 2.57 bits per heavy atom. The maximum atomic E-state index is 13.1. The predicted molar refractivity (Wildman–Crippen MR) is 122 cm³/mol. The molecule has 0 bridgehead atoms. The molecule has 0 unspecified atom stereocenters. The normalized spacial score (nSPS) is 14.3. The molecule has 2 aromatic carbocycles. The van der Waals surface area contributed by atoms with Gasteiger partial charge in [-0.05, 0) is 60.2 Å². The van der Waals surface area contributed by atoms with E-state index in [1.165, 1.54) is 23.1 Å². The van der Waals surface area contributed by atoms with Crippen molar-refractivity contribution in [1.82, 2.24) is 4.57 Å². The largest absolute Gasteiger partial charge is 0.489 e. The molecule has 4 nitrogen and oxygen atoms in total. The van der Waals surface area contributed by atoms with Gasteiger partial charge in [0, 0.05) is 11.7 Å². The van der Waals surface area contributed by atoms with Gasteiger partial charge in [-0.25, -0.2) is 0 Å². The molecule has 30 heavy (non-hydrogen) atoms. The molecule has 2 heterocycles. The number of carbonyl (C=O) groups is 1. The predicted octanol–water partition coefficient (Wildman–Crippen LogP) is 6.65. The summed E-state index contributed by atoms with van der Waals surface area (Å²) in [5, 5.41) is 5.17. The molecule has 2 aromatic heterocycles. The topological polar surface area (TPSA) is 43.3 Å². The number of fused-ring (bicyclic) bond motifs is 1. The number of rotatable bonds is 6. The average Bonchev–Trinajstić information content (AvgIpc) is 3.51. The number of nitrogens with one attached hydrogen (secondary N) is 1. The SMILES string of the molecule is O=C(Nc1ccc(OCc2ccccc2)cc1)c1cc2sccc2n1C1CCCC1. The lowest BCUT2D eigenvalue weighted by Gasteiger charge is -2.17. The van der Waals surface area contributed by atoms with Crippen molar-refractivity contribution in [2.45, 2.75) is 38.3 Å². The summed E-state index contributed by atoms with van der Waals surface area (Å²) < 4.78 is 9.27. The van der Waals surface area contributed by atoms with Crippen molar-refractivity contribution < 1.29 is 9.53 Å². The molecule has 0 radical (unpaired) electrons. The number of thiophene rings is 1. The fourth-order valence-electron chi connectivity index (χ4n) is 4.25. The van der Waals surface area contributed by atoms with Crippen molar-refractivity contribution in [2.24, 2.45) is 0 Å². The van der Waals surface area contributed by atoms with E-state index in [4.69, 9.17) is 4.74 Å². The number of hydrogen-bond donors (Lipinski definition) is 1. The standard InChI is InChI=1S/C25H24N2O2S/c28-25(23-16-24-22(14-15-30-24)27(23)20-8-4-5-9-20)26-19-10-12-21(13-11-19)29-17-18-6-2-1-3-7-18/h1-3,6-7,10-16,20H,4-5,8-9,17H2,(H,26,28). The van der Waals surface area contributed by atoms with Crippen LogP contribution in [0.2, 0.25) is 0 Å². The minimum absolute atomic E-state index is 0.0525. The summed E-state index contributed by atoms with van der Waals surface area (Å²) in [6.45, 7) is 0.526. The van der Waals surface area contributed by atoms with Crippen molar-refractivity contribution in [1.29, 1.82) is 0 Å². The molecular formula is C25H24N2O2S. The maximum Gasteiger partial charge on any atom is 0.272 e. The Hall–Kier alpha value is -3.05. The summed E-state index contributed by atoms with van der Waals surface area (Å²) in [5.74, 6) is 0.731. The molecule has 4 aromatic rings. The van der Waals surface area contributed by atoms with Crippen LogP contribution in [0.25, 0.3) is 10.2 Å². The Labute approximate surface area is 180 Å². The van der Waals surface area contributed by atoms with Gasteiger partial charge in [-0.15, -0.1) is 11.3 Å². The fraction of sp³-hybridized carbons (Fsp3) is 0.240. The van der Waals surface area contributed by atoms with Gasteiger partial charge in [-0.3, -0.25) is 4.79 Å². The Kier molecular flexibility index (Phi) is 5.28. The molecule has 0 saturated heterocycles. The highest BCUT2D eigenvalue weighted by Gasteiger charge is 2.25. The van der Waals surface area contributed by atoms with Gasteiger partial charge in [-0.1, -0.05) is 43.2 Å². The van der Waals surface area contributed by atoms with E-state index in [1.54, 1.807) is 11.3 Å². The minimum atomic E-state index is -0.0525. The van der Waals surface area contributed by atoms with Crippen molar-refractivity contribution in [3.8, 4) is 5.75 Å². The van der Waals surface area contributed by atoms with E-state index < -0.39 is 0 Å². The number of hydrogen-bond acceptors (Lipinski definition) is 3. The van der Waals surface area contributed by atoms with Crippen LogP contribution in [0, 0.1) is 0 Å². The molecular weight excluding hydrogens is 392 g/mol. The zero-order chi connectivity index (χ0) is 20.3. The first-order valence-corrected chi connectivity index (χ1v) is 11.3. The van der Waals surface area contributed by atoms with Crippen molar-refractivity contribution in [3.05, 3.63) is 83.4 Å². The van der Waals surface area contributed by atoms with Crippen LogP contribution in [0.15, 0.2) is 72.1 Å². The first-order valence-electron chi connectivity index (χ1n) is 10.4. The number of ether oxygens (including phenoxy) is 1. The van der Waals surface area contributed by atoms with Gasteiger partial charge in [0.15, 0.2) is 0 Å². The molecule has 1 saturated carbocycles. The third-order valence-corrected chi connectivity index (χ3v) is 6.60. The van der Waals surface area contributed by atoms with E-state index in [-0.39, 0.29) is 5.91 Å². The Morgan fingerprint density at radius 1 is 1.03 bits per heavy atom.